The van der Waals surface area contributed by atoms with Crippen LogP contribution in [0.5, 0.6) is 17.2 Å². The van der Waals surface area contributed by atoms with Gasteiger partial charge >= 0.3 is 10.9 Å². The van der Waals surface area contributed by atoms with Gasteiger partial charge in [0.2, 0.25) is 0 Å². The Morgan fingerprint density at radius 2 is 1.61 bits per heavy atom. The maximum atomic E-state index is 12.3. The van der Waals surface area contributed by atoms with E-state index in [1.807, 2.05) is 50.2 Å². The fourth-order valence-corrected chi connectivity index (χ4v) is 3.78. The molecule has 1 heterocycles. The van der Waals surface area contributed by atoms with Gasteiger partial charge in [-0.05, 0) is 49.7 Å². The third kappa shape index (κ3) is 4.95. The van der Waals surface area contributed by atoms with Crippen LogP contribution >= 0.6 is 11.3 Å². The molecule has 3 aromatic carbocycles. The topological polar surface area (TPSA) is 75.0 Å². The molecule has 0 saturated heterocycles. The molecule has 31 heavy (non-hydrogen) atoms. The Bertz CT molecular complexity index is 1250. The highest BCUT2D eigenvalue weighted by Gasteiger charge is 2.15. The number of fused-ring (bicyclic) bond motifs is 1. The van der Waals surface area contributed by atoms with Gasteiger partial charge < -0.3 is 18.6 Å². The highest BCUT2D eigenvalue weighted by Crippen LogP contribution is 2.35. The van der Waals surface area contributed by atoms with E-state index in [9.17, 15) is 9.59 Å². The van der Waals surface area contributed by atoms with Crippen molar-refractivity contribution in [2.24, 2.45) is 0 Å². The van der Waals surface area contributed by atoms with Crippen molar-refractivity contribution in [1.82, 2.24) is 0 Å². The van der Waals surface area contributed by atoms with Gasteiger partial charge in [-0.15, -0.1) is 0 Å². The molecule has 1 aromatic heterocycles. The maximum absolute atomic E-state index is 12.3. The Morgan fingerprint density at radius 1 is 0.935 bits per heavy atom. The van der Waals surface area contributed by atoms with E-state index in [0.29, 0.717) is 34.0 Å². The smallest absolute Gasteiger partial charge is 0.396 e. The van der Waals surface area contributed by atoms with Crippen LogP contribution in [0.25, 0.3) is 21.4 Å². The van der Waals surface area contributed by atoms with Crippen LogP contribution in [0, 0.1) is 6.92 Å². The zero-order chi connectivity index (χ0) is 21.8. The number of aryl methyl sites for hydroxylation is 1. The molecule has 0 radical (unpaired) electrons. The van der Waals surface area contributed by atoms with Crippen molar-refractivity contribution in [2.75, 3.05) is 13.2 Å². The Labute approximate surface area is 182 Å². The fraction of sp³-hybridized carbons (Fsp3) is 0.167. The predicted molar refractivity (Wildman–Crippen MR) is 119 cm³/mol. The van der Waals surface area contributed by atoms with Crippen molar-refractivity contribution in [1.29, 1.82) is 0 Å². The Balaban J connectivity index is 1.57. The first-order chi connectivity index (χ1) is 15.0. The third-order valence-corrected chi connectivity index (χ3v) is 5.27. The summed E-state index contributed by atoms with van der Waals surface area (Å²) >= 11 is 0.956. The number of hydrogen-bond donors (Lipinski definition) is 0. The van der Waals surface area contributed by atoms with Crippen LogP contribution in [0.3, 0.4) is 0 Å². The molecule has 7 heteroatoms. The lowest BCUT2D eigenvalue weighted by Gasteiger charge is -2.10. The fourth-order valence-electron chi connectivity index (χ4n) is 3.06. The van der Waals surface area contributed by atoms with Crippen LogP contribution in [-0.4, -0.2) is 19.2 Å². The van der Waals surface area contributed by atoms with E-state index >= 15 is 0 Å². The van der Waals surface area contributed by atoms with Gasteiger partial charge in [-0.25, -0.2) is 9.59 Å². The minimum absolute atomic E-state index is 0.235. The maximum Gasteiger partial charge on any atom is 0.396 e. The Hall–Kier alpha value is -3.58. The first-order valence-electron chi connectivity index (χ1n) is 9.73. The largest absolute Gasteiger partial charge is 0.494 e. The average Bonchev–Trinajstić information content (AvgIpc) is 3.14. The monoisotopic (exact) mass is 436 g/mol. The van der Waals surface area contributed by atoms with Crippen LogP contribution < -0.4 is 19.1 Å². The summed E-state index contributed by atoms with van der Waals surface area (Å²) in [6.07, 6.45) is 0. The van der Waals surface area contributed by atoms with E-state index in [4.69, 9.17) is 18.6 Å². The Morgan fingerprint density at radius 3 is 2.32 bits per heavy atom. The van der Waals surface area contributed by atoms with Gasteiger partial charge in [-0.3, -0.25) is 0 Å². The molecule has 4 rings (SSSR count). The summed E-state index contributed by atoms with van der Waals surface area (Å²) in [5.41, 5.74) is 3.02. The van der Waals surface area contributed by atoms with Crippen LogP contribution in [0.2, 0.25) is 0 Å². The number of ether oxygens (including phenoxy) is 3. The van der Waals surface area contributed by atoms with Crippen molar-refractivity contribution < 1.29 is 23.4 Å². The molecule has 158 valence electrons. The van der Waals surface area contributed by atoms with Crippen LogP contribution in [0.1, 0.15) is 12.5 Å². The zero-order valence-corrected chi connectivity index (χ0v) is 17.9. The lowest BCUT2D eigenvalue weighted by atomic mass is 10.0. The zero-order valence-electron chi connectivity index (χ0n) is 17.0. The molecule has 0 bridgehead atoms. The number of esters is 1. The van der Waals surface area contributed by atoms with E-state index < -0.39 is 10.9 Å². The quantitative estimate of drug-likeness (QED) is 0.292. The van der Waals surface area contributed by atoms with Crippen LogP contribution in [0.4, 0.5) is 0 Å². The summed E-state index contributed by atoms with van der Waals surface area (Å²) in [4.78, 5) is 23.7. The summed E-state index contributed by atoms with van der Waals surface area (Å²) in [5, 5.41) is 0. The first kappa shape index (κ1) is 20.7. The standard InChI is InChI=1S/C24H20O6S/c1-3-27-17-10-6-16(7-11-17)20-12-19(13-21-23(20)30-24(26)31-21)29-22(25)14-28-18-8-4-15(2)5-9-18/h4-13H,3,14H2,1-2H3. The number of carbonyl (C=O) groups is 1. The van der Waals surface area contributed by atoms with Crippen molar-refractivity contribution in [3.8, 4) is 28.4 Å². The molecule has 0 aliphatic heterocycles. The van der Waals surface area contributed by atoms with Gasteiger partial charge in [0.1, 0.15) is 17.2 Å². The minimum Gasteiger partial charge on any atom is -0.494 e. The molecule has 0 aliphatic carbocycles. The van der Waals surface area contributed by atoms with Crippen molar-refractivity contribution >= 4 is 27.6 Å². The molecule has 4 aromatic rings. The molecule has 6 nitrogen and oxygen atoms in total. The number of carbonyl (C=O) groups excluding carboxylic acids is 1. The van der Waals surface area contributed by atoms with Gasteiger partial charge in [0.05, 0.1) is 11.3 Å². The Kier molecular flexibility index (Phi) is 6.04. The number of hydrogen-bond acceptors (Lipinski definition) is 7. The van der Waals surface area contributed by atoms with Gasteiger partial charge in [0.15, 0.2) is 12.2 Å². The van der Waals surface area contributed by atoms with Gasteiger partial charge in [-0.1, -0.05) is 41.2 Å². The summed E-state index contributed by atoms with van der Waals surface area (Å²) < 4.78 is 22.4. The second-order valence-electron chi connectivity index (χ2n) is 6.79. The average molecular weight is 436 g/mol. The molecule has 0 aliphatic rings. The van der Waals surface area contributed by atoms with E-state index in [1.165, 1.54) is 0 Å². The molecule has 0 atom stereocenters. The van der Waals surface area contributed by atoms with Crippen molar-refractivity contribution in [3.63, 3.8) is 0 Å². The summed E-state index contributed by atoms with van der Waals surface area (Å²) in [6.45, 7) is 4.22. The van der Waals surface area contributed by atoms with Crippen LogP contribution in [0.15, 0.2) is 69.9 Å². The highest BCUT2D eigenvalue weighted by molar-refractivity contribution is 7.16. The molecule has 0 N–H and O–H groups in total. The van der Waals surface area contributed by atoms with E-state index in [2.05, 4.69) is 0 Å². The second-order valence-corrected chi connectivity index (χ2v) is 7.76. The SMILES string of the molecule is CCOc1ccc(-c2cc(OC(=O)COc3ccc(C)cc3)cc3sc(=O)oc23)cc1. The summed E-state index contributed by atoms with van der Waals surface area (Å²) in [6, 6.07) is 18.1. The van der Waals surface area contributed by atoms with E-state index in [1.54, 1.807) is 24.3 Å². The molecular formula is C24H20O6S. The van der Waals surface area contributed by atoms with Crippen molar-refractivity contribution in [2.45, 2.75) is 13.8 Å². The highest BCUT2D eigenvalue weighted by atomic mass is 32.1. The normalized spacial score (nSPS) is 10.8. The minimum atomic E-state index is -0.548. The molecule has 0 fully saturated rings. The van der Waals surface area contributed by atoms with Gasteiger partial charge in [-0.2, -0.15) is 0 Å². The molecule has 0 unspecified atom stereocenters. The first-order valence-corrected chi connectivity index (χ1v) is 10.5. The predicted octanol–water partition coefficient (Wildman–Crippen LogP) is 5.21. The third-order valence-electron chi connectivity index (χ3n) is 4.49. The molecular weight excluding hydrogens is 416 g/mol. The summed E-state index contributed by atoms with van der Waals surface area (Å²) in [5.74, 6) is 1.09. The van der Waals surface area contributed by atoms with Gasteiger partial charge in [0, 0.05) is 11.6 Å². The second kappa shape index (κ2) is 9.06. The summed E-state index contributed by atoms with van der Waals surface area (Å²) in [7, 11) is 0. The number of benzene rings is 3. The number of rotatable bonds is 7. The molecule has 0 amide bonds. The lowest BCUT2D eigenvalue weighted by Crippen LogP contribution is -2.17. The van der Waals surface area contributed by atoms with Crippen LogP contribution in [-0.2, 0) is 4.79 Å². The van der Waals surface area contributed by atoms with E-state index in [0.717, 1.165) is 28.2 Å². The van der Waals surface area contributed by atoms with E-state index in [-0.39, 0.29) is 6.61 Å². The lowest BCUT2D eigenvalue weighted by molar-refractivity contribution is -0.136. The molecule has 0 saturated carbocycles. The van der Waals surface area contributed by atoms with Gasteiger partial charge in [0.25, 0.3) is 0 Å². The molecule has 0 spiro atoms. The van der Waals surface area contributed by atoms with Crippen molar-refractivity contribution in [3.05, 3.63) is 76.0 Å².